The Labute approximate surface area is 72.6 Å². The molecule has 0 N–H and O–H groups in total. The average Bonchev–Trinajstić information content (AvgIpc) is 2.04. The van der Waals surface area contributed by atoms with Crippen molar-refractivity contribution in [2.45, 2.75) is 13.8 Å². The third kappa shape index (κ3) is 3.77. The van der Waals surface area contributed by atoms with Gasteiger partial charge in [-0.1, -0.05) is 20.4 Å². The second-order valence-corrected chi connectivity index (χ2v) is 2.81. The summed E-state index contributed by atoms with van der Waals surface area (Å²) < 4.78 is 4.73. The van der Waals surface area contributed by atoms with E-state index in [1.807, 2.05) is 13.8 Å². The van der Waals surface area contributed by atoms with Crippen molar-refractivity contribution in [3.05, 3.63) is 12.7 Å². The van der Waals surface area contributed by atoms with Crippen molar-refractivity contribution in [3.8, 4) is 6.07 Å². The fraction of sp³-hybridized carbons (Fsp3) is 0.556. The summed E-state index contributed by atoms with van der Waals surface area (Å²) in [6.45, 7) is 7.23. The lowest BCUT2D eigenvalue weighted by atomic mass is 9.99. The van der Waals surface area contributed by atoms with Crippen LogP contribution in [0.4, 0.5) is 0 Å². The van der Waals surface area contributed by atoms with Gasteiger partial charge in [0.15, 0.2) is 0 Å². The zero-order chi connectivity index (χ0) is 9.56. The molecule has 0 saturated carbocycles. The molecular weight excluding hydrogens is 154 g/mol. The Kier molecular flexibility index (Phi) is 4.78. The van der Waals surface area contributed by atoms with E-state index in [0.29, 0.717) is 0 Å². The van der Waals surface area contributed by atoms with Crippen molar-refractivity contribution >= 4 is 5.97 Å². The molecule has 1 unspecified atom stereocenters. The Morgan fingerprint density at radius 2 is 2.33 bits per heavy atom. The van der Waals surface area contributed by atoms with Crippen LogP contribution in [0.3, 0.4) is 0 Å². The number of nitrogens with zero attached hydrogens (tertiary/aromatic N) is 1. The summed E-state index contributed by atoms with van der Waals surface area (Å²) in [5, 5.41) is 8.61. The lowest BCUT2D eigenvalue weighted by Crippen LogP contribution is -2.16. The average molecular weight is 167 g/mol. The molecule has 0 aliphatic heterocycles. The summed E-state index contributed by atoms with van der Waals surface area (Å²) in [7, 11) is 0. The second-order valence-electron chi connectivity index (χ2n) is 2.81. The largest absolute Gasteiger partial charge is 0.461 e. The molecule has 0 amide bonds. The van der Waals surface area contributed by atoms with Gasteiger partial charge in [0.2, 0.25) is 0 Å². The molecule has 0 saturated heterocycles. The summed E-state index contributed by atoms with van der Waals surface area (Å²) in [6, 6.07) is 2.07. The quantitative estimate of drug-likeness (QED) is 0.471. The van der Waals surface area contributed by atoms with Crippen LogP contribution in [0.2, 0.25) is 0 Å². The van der Waals surface area contributed by atoms with Crippen LogP contribution in [-0.4, -0.2) is 12.6 Å². The topological polar surface area (TPSA) is 50.1 Å². The number of rotatable bonds is 4. The SMILES string of the molecule is C=CC(=O)OCC(C#N)C(C)C. The number of carbonyl (C=O) groups is 1. The van der Waals surface area contributed by atoms with E-state index in [9.17, 15) is 4.79 Å². The second kappa shape index (κ2) is 5.36. The fourth-order valence-electron chi connectivity index (χ4n) is 0.610. The number of carbonyl (C=O) groups excluding carboxylic acids is 1. The summed E-state index contributed by atoms with van der Waals surface area (Å²) >= 11 is 0. The highest BCUT2D eigenvalue weighted by Gasteiger charge is 2.13. The van der Waals surface area contributed by atoms with Crippen LogP contribution in [0, 0.1) is 23.2 Å². The van der Waals surface area contributed by atoms with Gasteiger partial charge in [-0.15, -0.1) is 0 Å². The monoisotopic (exact) mass is 167 g/mol. The van der Waals surface area contributed by atoms with E-state index in [1.165, 1.54) is 0 Å². The van der Waals surface area contributed by atoms with E-state index in [4.69, 9.17) is 10.00 Å². The normalized spacial score (nSPS) is 11.8. The van der Waals surface area contributed by atoms with Crippen LogP contribution in [0.5, 0.6) is 0 Å². The standard InChI is InChI=1S/C9H13NO2/c1-4-9(11)12-6-8(5-10)7(2)3/h4,7-8H,1,6H2,2-3H3. The van der Waals surface area contributed by atoms with Crippen LogP contribution >= 0.6 is 0 Å². The summed E-state index contributed by atoms with van der Waals surface area (Å²) in [5.74, 6) is -0.502. The van der Waals surface area contributed by atoms with Crippen molar-refractivity contribution < 1.29 is 9.53 Å². The van der Waals surface area contributed by atoms with Gasteiger partial charge in [0.1, 0.15) is 6.61 Å². The first kappa shape index (κ1) is 10.7. The van der Waals surface area contributed by atoms with Crippen molar-refractivity contribution in [2.75, 3.05) is 6.61 Å². The van der Waals surface area contributed by atoms with Crippen molar-refractivity contribution in [1.82, 2.24) is 0 Å². The zero-order valence-electron chi connectivity index (χ0n) is 7.41. The summed E-state index contributed by atoms with van der Waals surface area (Å²) in [6.07, 6.45) is 1.09. The van der Waals surface area contributed by atoms with E-state index in [2.05, 4.69) is 12.6 Å². The van der Waals surface area contributed by atoms with Crippen LogP contribution in [0.25, 0.3) is 0 Å². The minimum Gasteiger partial charge on any atom is -0.461 e. The molecule has 12 heavy (non-hydrogen) atoms. The maximum Gasteiger partial charge on any atom is 0.330 e. The van der Waals surface area contributed by atoms with Gasteiger partial charge in [-0.2, -0.15) is 5.26 Å². The lowest BCUT2D eigenvalue weighted by Gasteiger charge is -2.11. The molecule has 66 valence electrons. The van der Waals surface area contributed by atoms with Gasteiger partial charge in [0.25, 0.3) is 0 Å². The predicted molar refractivity (Wildman–Crippen MR) is 45.1 cm³/mol. The van der Waals surface area contributed by atoms with E-state index in [1.54, 1.807) is 0 Å². The van der Waals surface area contributed by atoms with Gasteiger partial charge >= 0.3 is 5.97 Å². The molecule has 0 rings (SSSR count). The third-order valence-electron chi connectivity index (χ3n) is 1.54. The first-order chi connectivity index (χ1) is 5.61. The summed E-state index contributed by atoms with van der Waals surface area (Å²) in [5.41, 5.74) is 0. The molecule has 0 spiro atoms. The van der Waals surface area contributed by atoms with E-state index < -0.39 is 5.97 Å². The maximum atomic E-state index is 10.6. The highest BCUT2D eigenvalue weighted by molar-refractivity contribution is 5.81. The van der Waals surface area contributed by atoms with Crippen LogP contribution in [0.15, 0.2) is 12.7 Å². The van der Waals surface area contributed by atoms with Gasteiger partial charge in [0, 0.05) is 6.08 Å². The van der Waals surface area contributed by atoms with E-state index in [0.717, 1.165) is 6.08 Å². The maximum absolute atomic E-state index is 10.6. The van der Waals surface area contributed by atoms with Crippen LogP contribution in [0.1, 0.15) is 13.8 Å². The minimum absolute atomic E-state index is 0.152. The summed E-state index contributed by atoms with van der Waals surface area (Å²) in [4.78, 5) is 10.6. The molecule has 1 atom stereocenters. The van der Waals surface area contributed by atoms with Crippen molar-refractivity contribution in [1.29, 1.82) is 5.26 Å². The van der Waals surface area contributed by atoms with Crippen molar-refractivity contribution in [3.63, 3.8) is 0 Å². The molecule has 3 heteroatoms. The molecule has 0 aliphatic rings. The number of esters is 1. The van der Waals surface area contributed by atoms with Crippen LogP contribution < -0.4 is 0 Å². The molecule has 0 aromatic rings. The molecule has 0 radical (unpaired) electrons. The molecular formula is C9H13NO2. The van der Waals surface area contributed by atoms with Gasteiger partial charge in [-0.3, -0.25) is 0 Å². The Morgan fingerprint density at radius 3 is 2.67 bits per heavy atom. The fourth-order valence-corrected chi connectivity index (χ4v) is 0.610. The molecule has 0 bridgehead atoms. The number of nitriles is 1. The molecule has 0 fully saturated rings. The Bertz CT molecular complexity index is 203. The first-order valence-electron chi connectivity index (χ1n) is 3.80. The molecule has 0 aliphatic carbocycles. The van der Waals surface area contributed by atoms with Gasteiger partial charge < -0.3 is 4.74 Å². The highest BCUT2D eigenvalue weighted by Crippen LogP contribution is 2.09. The molecule has 0 heterocycles. The Balaban J connectivity index is 3.83. The first-order valence-corrected chi connectivity index (χ1v) is 3.80. The third-order valence-corrected chi connectivity index (χ3v) is 1.54. The number of hydrogen-bond donors (Lipinski definition) is 0. The number of ether oxygens (including phenoxy) is 1. The highest BCUT2D eigenvalue weighted by atomic mass is 16.5. The number of hydrogen-bond acceptors (Lipinski definition) is 3. The smallest absolute Gasteiger partial charge is 0.330 e. The Hall–Kier alpha value is -1.30. The predicted octanol–water partition coefficient (Wildman–Crippen LogP) is 1.51. The molecule has 3 nitrogen and oxygen atoms in total. The van der Waals surface area contributed by atoms with Gasteiger partial charge in [-0.05, 0) is 5.92 Å². The van der Waals surface area contributed by atoms with Gasteiger partial charge in [0.05, 0.1) is 12.0 Å². The van der Waals surface area contributed by atoms with Crippen LogP contribution in [-0.2, 0) is 9.53 Å². The molecule has 0 aromatic carbocycles. The molecule has 0 aromatic heterocycles. The van der Waals surface area contributed by atoms with Gasteiger partial charge in [-0.25, -0.2) is 4.79 Å². The van der Waals surface area contributed by atoms with Crippen molar-refractivity contribution in [2.24, 2.45) is 11.8 Å². The Morgan fingerprint density at radius 1 is 1.75 bits per heavy atom. The van der Waals surface area contributed by atoms with E-state index >= 15 is 0 Å². The zero-order valence-corrected chi connectivity index (χ0v) is 7.41. The minimum atomic E-state index is -0.476. The van der Waals surface area contributed by atoms with E-state index in [-0.39, 0.29) is 18.4 Å². The lowest BCUT2D eigenvalue weighted by molar-refractivity contribution is -0.138.